The van der Waals surface area contributed by atoms with Gasteiger partial charge in [-0.05, 0) is 42.8 Å². The first kappa shape index (κ1) is 19.0. The molecule has 0 bridgehead atoms. The molecule has 0 saturated carbocycles. The van der Waals surface area contributed by atoms with Crippen LogP contribution in [0.3, 0.4) is 0 Å². The Morgan fingerprint density at radius 2 is 1.90 bits per heavy atom. The minimum absolute atomic E-state index is 0.152. The number of rotatable bonds is 5. The highest BCUT2D eigenvalue weighted by Gasteiger charge is 2.12. The second-order valence-electron chi connectivity index (χ2n) is 6.56. The van der Waals surface area contributed by atoms with Crippen molar-refractivity contribution >= 4 is 21.8 Å². The van der Waals surface area contributed by atoms with E-state index in [1.54, 1.807) is 0 Å². The normalized spacial score (nSPS) is 10.7. The maximum atomic E-state index is 12.7. The van der Waals surface area contributed by atoms with Gasteiger partial charge in [0.25, 0.3) is 5.91 Å². The SMILES string of the molecule is Cc1nc(-c2cccc(Br)c2)ccc1C(=O)NCc1cccc(-c2ncn[nH]2)c1. The van der Waals surface area contributed by atoms with Crippen LogP contribution in [0, 0.1) is 6.92 Å². The molecule has 0 atom stereocenters. The molecule has 0 saturated heterocycles. The zero-order chi connectivity index (χ0) is 20.2. The molecule has 2 N–H and O–H groups in total. The van der Waals surface area contributed by atoms with Gasteiger partial charge in [0.05, 0.1) is 17.0 Å². The topological polar surface area (TPSA) is 83.6 Å². The summed E-state index contributed by atoms with van der Waals surface area (Å²) in [6.07, 6.45) is 1.47. The molecule has 2 heterocycles. The number of aryl methyl sites for hydroxylation is 1. The number of hydrogen-bond acceptors (Lipinski definition) is 4. The maximum absolute atomic E-state index is 12.7. The molecule has 2 aromatic carbocycles. The quantitative estimate of drug-likeness (QED) is 0.470. The zero-order valence-electron chi connectivity index (χ0n) is 15.7. The first-order valence-corrected chi connectivity index (χ1v) is 9.86. The molecule has 4 rings (SSSR count). The van der Waals surface area contributed by atoms with Gasteiger partial charge in [0.15, 0.2) is 5.82 Å². The predicted octanol–water partition coefficient (Wildman–Crippen LogP) is 4.53. The van der Waals surface area contributed by atoms with Crippen molar-refractivity contribution in [1.82, 2.24) is 25.5 Å². The molecular formula is C22H18BrN5O. The number of aromatic nitrogens is 4. The van der Waals surface area contributed by atoms with Crippen molar-refractivity contribution in [1.29, 1.82) is 0 Å². The van der Waals surface area contributed by atoms with Crippen molar-refractivity contribution in [2.75, 3.05) is 0 Å². The molecule has 4 aromatic rings. The largest absolute Gasteiger partial charge is 0.348 e. The van der Waals surface area contributed by atoms with Crippen molar-refractivity contribution in [3.05, 3.63) is 88.3 Å². The molecule has 0 aliphatic heterocycles. The number of pyridine rings is 1. The van der Waals surface area contributed by atoms with Gasteiger partial charge in [-0.15, -0.1) is 0 Å². The Labute approximate surface area is 176 Å². The molecule has 7 heteroatoms. The first-order chi connectivity index (χ1) is 14.1. The van der Waals surface area contributed by atoms with E-state index in [1.165, 1.54) is 6.33 Å². The van der Waals surface area contributed by atoms with Gasteiger partial charge < -0.3 is 5.32 Å². The number of carbonyl (C=O) groups is 1. The highest BCUT2D eigenvalue weighted by molar-refractivity contribution is 9.10. The van der Waals surface area contributed by atoms with E-state index >= 15 is 0 Å². The molecule has 6 nitrogen and oxygen atoms in total. The van der Waals surface area contributed by atoms with Crippen molar-refractivity contribution in [2.24, 2.45) is 0 Å². The lowest BCUT2D eigenvalue weighted by Crippen LogP contribution is -2.24. The Morgan fingerprint density at radius 3 is 2.66 bits per heavy atom. The second kappa shape index (κ2) is 8.36. The number of aromatic amines is 1. The van der Waals surface area contributed by atoms with E-state index in [4.69, 9.17) is 0 Å². The average Bonchev–Trinajstić information content (AvgIpc) is 3.27. The van der Waals surface area contributed by atoms with Crippen LogP contribution in [0.2, 0.25) is 0 Å². The van der Waals surface area contributed by atoms with Gasteiger partial charge >= 0.3 is 0 Å². The van der Waals surface area contributed by atoms with E-state index in [0.717, 1.165) is 26.9 Å². The van der Waals surface area contributed by atoms with Gasteiger partial charge in [-0.25, -0.2) is 4.98 Å². The summed E-state index contributed by atoms with van der Waals surface area (Å²) in [6.45, 7) is 2.26. The summed E-state index contributed by atoms with van der Waals surface area (Å²) < 4.78 is 0.990. The van der Waals surface area contributed by atoms with Crippen molar-refractivity contribution in [3.8, 4) is 22.6 Å². The van der Waals surface area contributed by atoms with E-state index in [1.807, 2.05) is 67.6 Å². The summed E-state index contributed by atoms with van der Waals surface area (Å²) in [4.78, 5) is 21.4. The number of amides is 1. The fourth-order valence-corrected chi connectivity index (χ4v) is 3.46. The Morgan fingerprint density at radius 1 is 1.07 bits per heavy atom. The number of hydrogen-bond donors (Lipinski definition) is 2. The molecular weight excluding hydrogens is 430 g/mol. The molecule has 0 aliphatic carbocycles. The zero-order valence-corrected chi connectivity index (χ0v) is 17.3. The Kier molecular flexibility index (Phi) is 5.48. The number of nitrogens with one attached hydrogen (secondary N) is 2. The standard InChI is InChI=1S/C22H18BrN5O/c1-14-19(8-9-20(27-14)16-5-3-7-18(23)11-16)22(29)24-12-15-4-2-6-17(10-15)21-25-13-26-28-21/h2-11,13H,12H2,1H3,(H,24,29)(H,25,26,28). The molecule has 0 unspecified atom stereocenters. The van der Waals surface area contributed by atoms with Crippen LogP contribution in [0.4, 0.5) is 0 Å². The van der Waals surface area contributed by atoms with Crippen LogP contribution in [-0.4, -0.2) is 26.1 Å². The van der Waals surface area contributed by atoms with Crippen LogP contribution in [0.5, 0.6) is 0 Å². The van der Waals surface area contributed by atoms with Gasteiger partial charge in [0.1, 0.15) is 6.33 Å². The smallest absolute Gasteiger partial charge is 0.253 e. The average molecular weight is 448 g/mol. The van der Waals surface area contributed by atoms with Crippen LogP contribution in [0.1, 0.15) is 21.6 Å². The van der Waals surface area contributed by atoms with Crippen LogP contribution >= 0.6 is 15.9 Å². The van der Waals surface area contributed by atoms with Crippen LogP contribution in [0.25, 0.3) is 22.6 Å². The van der Waals surface area contributed by atoms with Gasteiger partial charge in [0.2, 0.25) is 0 Å². The Bertz CT molecular complexity index is 1160. The molecule has 0 spiro atoms. The summed E-state index contributed by atoms with van der Waals surface area (Å²) in [5.74, 6) is 0.544. The summed E-state index contributed by atoms with van der Waals surface area (Å²) in [5.41, 5.74) is 4.98. The van der Waals surface area contributed by atoms with E-state index < -0.39 is 0 Å². The van der Waals surface area contributed by atoms with Gasteiger partial charge in [-0.2, -0.15) is 5.10 Å². The van der Waals surface area contributed by atoms with E-state index in [0.29, 0.717) is 23.6 Å². The van der Waals surface area contributed by atoms with Gasteiger partial charge in [0, 0.05) is 22.1 Å². The first-order valence-electron chi connectivity index (χ1n) is 9.06. The second-order valence-corrected chi connectivity index (χ2v) is 7.47. The Hall–Kier alpha value is -3.32. The number of halogens is 1. The number of nitrogens with zero attached hydrogens (tertiary/aromatic N) is 3. The summed E-state index contributed by atoms with van der Waals surface area (Å²) in [6, 6.07) is 19.4. The number of benzene rings is 2. The van der Waals surface area contributed by atoms with E-state index in [-0.39, 0.29) is 5.91 Å². The molecule has 1 amide bonds. The van der Waals surface area contributed by atoms with E-state index in [9.17, 15) is 4.79 Å². The van der Waals surface area contributed by atoms with Gasteiger partial charge in [-0.1, -0.05) is 46.3 Å². The fourth-order valence-electron chi connectivity index (χ4n) is 3.06. The third-order valence-electron chi connectivity index (χ3n) is 4.52. The third-order valence-corrected chi connectivity index (χ3v) is 5.01. The molecule has 0 radical (unpaired) electrons. The monoisotopic (exact) mass is 447 g/mol. The van der Waals surface area contributed by atoms with E-state index in [2.05, 4.69) is 41.4 Å². The highest BCUT2D eigenvalue weighted by Crippen LogP contribution is 2.22. The maximum Gasteiger partial charge on any atom is 0.253 e. The van der Waals surface area contributed by atoms with Gasteiger partial charge in [-0.3, -0.25) is 14.9 Å². The molecule has 29 heavy (non-hydrogen) atoms. The van der Waals surface area contributed by atoms with Crippen molar-refractivity contribution < 1.29 is 4.79 Å². The van der Waals surface area contributed by atoms with Crippen LogP contribution in [0.15, 0.2) is 71.5 Å². The van der Waals surface area contributed by atoms with Crippen LogP contribution in [-0.2, 0) is 6.54 Å². The minimum Gasteiger partial charge on any atom is -0.348 e. The molecule has 0 fully saturated rings. The predicted molar refractivity (Wildman–Crippen MR) is 115 cm³/mol. The van der Waals surface area contributed by atoms with Crippen molar-refractivity contribution in [2.45, 2.75) is 13.5 Å². The summed E-state index contributed by atoms with van der Waals surface area (Å²) in [5, 5.41) is 9.68. The third kappa shape index (κ3) is 4.41. The lowest BCUT2D eigenvalue weighted by molar-refractivity contribution is 0.0950. The van der Waals surface area contributed by atoms with Crippen molar-refractivity contribution in [3.63, 3.8) is 0 Å². The summed E-state index contributed by atoms with van der Waals surface area (Å²) in [7, 11) is 0. The Balaban J connectivity index is 1.47. The minimum atomic E-state index is -0.152. The van der Waals surface area contributed by atoms with Crippen LogP contribution < -0.4 is 5.32 Å². The molecule has 2 aromatic heterocycles. The lowest BCUT2D eigenvalue weighted by atomic mass is 10.1. The highest BCUT2D eigenvalue weighted by atomic mass is 79.9. The summed E-state index contributed by atoms with van der Waals surface area (Å²) >= 11 is 3.47. The molecule has 144 valence electrons. The number of carbonyl (C=O) groups excluding carboxylic acids is 1. The fraction of sp³-hybridized carbons (Fsp3) is 0.0909. The molecule has 0 aliphatic rings. The lowest BCUT2D eigenvalue weighted by Gasteiger charge is -2.10. The number of H-pyrrole nitrogens is 1.